The van der Waals surface area contributed by atoms with Crippen LogP contribution in [0.1, 0.15) is 40.0 Å². The molecule has 0 fully saturated rings. The Morgan fingerprint density at radius 2 is 1.61 bits per heavy atom. The number of nitrogens with two attached hydrogens (primary N) is 1. The molecule has 0 bridgehead atoms. The highest BCUT2D eigenvalue weighted by Gasteiger charge is 2.25. The quantitative estimate of drug-likeness (QED) is 0.700. The van der Waals surface area contributed by atoms with Gasteiger partial charge in [-0.15, -0.1) is 0 Å². The number of hydrogen-bond acceptors (Lipinski definition) is 2. The Balaban J connectivity index is 2.63. The number of hydrogen-bond donors (Lipinski definition) is 3. The lowest BCUT2D eigenvalue weighted by Crippen LogP contribution is -2.48. The lowest BCUT2D eigenvalue weighted by molar-refractivity contribution is 0.229. The van der Waals surface area contributed by atoms with Gasteiger partial charge in [-0.05, 0) is 43.5 Å². The van der Waals surface area contributed by atoms with Gasteiger partial charge in [0.05, 0.1) is 0 Å². The van der Waals surface area contributed by atoms with Crippen molar-refractivity contribution >= 4 is 17.4 Å². The zero-order chi connectivity index (χ0) is 13.6. The fourth-order valence-corrected chi connectivity index (χ4v) is 1.98. The van der Waals surface area contributed by atoms with Crippen LogP contribution < -0.4 is 16.4 Å². The van der Waals surface area contributed by atoms with Gasteiger partial charge in [0.15, 0.2) is 0 Å². The van der Waals surface area contributed by atoms with Crippen molar-refractivity contribution < 1.29 is 4.79 Å². The van der Waals surface area contributed by atoms with E-state index >= 15 is 0 Å². The third-order valence-electron chi connectivity index (χ3n) is 3.58. The Morgan fingerprint density at radius 1 is 1.11 bits per heavy atom. The number of carbonyl (C=O) groups is 1. The van der Waals surface area contributed by atoms with Crippen LogP contribution in [0.2, 0.25) is 0 Å². The Kier molecular flexibility index (Phi) is 5.01. The highest BCUT2D eigenvalue weighted by Crippen LogP contribution is 2.19. The summed E-state index contributed by atoms with van der Waals surface area (Å²) in [6.45, 7) is 6.28. The average Bonchev–Trinajstić information content (AvgIpc) is 2.39. The first-order chi connectivity index (χ1) is 8.55. The van der Waals surface area contributed by atoms with Gasteiger partial charge in [0.25, 0.3) is 0 Å². The van der Waals surface area contributed by atoms with Crippen molar-refractivity contribution in [3.05, 3.63) is 24.3 Å². The highest BCUT2D eigenvalue weighted by atomic mass is 16.2. The first-order valence-corrected chi connectivity index (χ1v) is 6.50. The van der Waals surface area contributed by atoms with E-state index in [0.29, 0.717) is 5.69 Å². The monoisotopic (exact) mass is 249 g/mol. The molecular weight excluding hydrogens is 226 g/mol. The lowest BCUT2D eigenvalue weighted by atomic mass is 9.90. The maximum atomic E-state index is 11.9. The largest absolute Gasteiger partial charge is 0.399 e. The molecular formula is C14H23N3O. The molecule has 1 aromatic carbocycles. The second kappa shape index (κ2) is 6.28. The summed E-state index contributed by atoms with van der Waals surface area (Å²) in [5.74, 6) is 0. The maximum Gasteiger partial charge on any atom is 0.319 e. The van der Waals surface area contributed by atoms with Crippen molar-refractivity contribution in [2.75, 3.05) is 11.1 Å². The van der Waals surface area contributed by atoms with E-state index < -0.39 is 0 Å². The van der Waals surface area contributed by atoms with Crippen molar-refractivity contribution in [3.8, 4) is 0 Å². The van der Waals surface area contributed by atoms with E-state index in [1.807, 2.05) is 0 Å². The third kappa shape index (κ3) is 3.65. The van der Waals surface area contributed by atoms with E-state index in [-0.39, 0.29) is 11.6 Å². The first-order valence-electron chi connectivity index (χ1n) is 6.50. The molecule has 0 saturated heterocycles. The molecule has 18 heavy (non-hydrogen) atoms. The standard InChI is InChI=1S/C14H23N3O/c1-4-14(5-2,6-3)17-13(18)16-12-9-7-11(15)8-10-12/h7-10H,4-6,15H2,1-3H3,(H2,16,17,18). The van der Waals surface area contributed by atoms with Crippen LogP contribution in [-0.2, 0) is 0 Å². The smallest absolute Gasteiger partial charge is 0.319 e. The zero-order valence-electron chi connectivity index (χ0n) is 11.4. The molecule has 4 N–H and O–H groups in total. The van der Waals surface area contributed by atoms with Crippen LogP contribution >= 0.6 is 0 Å². The molecule has 0 heterocycles. The van der Waals surface area contributed by atoms with Crippen LogP contribution in [0.5, 0.6) is 0 Å². The van der Waals surface area contributed by atoms with Crippen molar-refractivity contribution in [2.24, 2.45) is 0 Å². The summed E-state index contributed by atoms with van der Waals surface area (Å²) in [6.07, 6.45) is 2.78. The first kappa shape index (κ1) is 14.4. The summed E-state index contributed by atoms with van der Waals surface area (Å²) < 4.78 is 0. The van der Waals surface area contributed by atoms with Crippen LogP contribution in [0.4, 0.5) is 16.2 Å². The van der Waals surface area contributed by atoms with Crippen LogP contribution in [-0.4, -0.2) is 11.6 Å². The van der Waals surface area contributed by atoms with Crippen molar-refractivity contribution in [3.63, 3.8) is 0 Å². The molecule has 100 valence electrons. The second-order valence-corrected chi connectivity index (χ2v) is 4.54. The predicted octanol–water partition coefficient (Wildman–Crippen LogP) is 3.36. The topological polar surface area (TPSA) is 67.2 Å². The van der Waals surface area contributed by atoms with Gasteiger partial charge in [0.2, 0.25) is 0 Å². The van der Waals surface area contributed by atoms with Crippen LogP contribution in [0.15, 0.2) is 24.3 Å². The number of nitrogens with one attached hydrogen (secondary N) is 2. The van der Waals surface area contributed by atoms with Gasteiger partial charge in [0, 0.05) is 16.9 Å². The summed E-state index contributed by atoms with van der Waals surface area (Å²) in [7, 11) is 0. The molecule has 4 heteroatoms. The summed E-state index contributed by atoms with van der Waals surface area (Å²) in [5, 5.41) is 5.88. The van der Waals surface area contributed by atoms with E-state index in [2.05, 4.69) is 31.4 Å². The van der Waals surface area contributed by atoms with Gasteiger partial charge >= 0.3 is 6.03 Å². The van der Waals surface area contributed by atoms with E-state index in [4.69, 9.17) is 5.73 Å². The molecule has 0 atom stereocenters. The number of benzene rings is 1. The minimum Gasteiger partial charge on any atom is -0.399 e. The minimum atomic E-state index is -0.162. The van der Waals surface area contributed by atoms with Crippen LogP contribution in [0.25, 0.3) is 0 Å². The van der Waals surface area contributed by atoms with Gasteiger partial charge < -0.3 is 16.4 Å². The van der Waals surface area contributed by atoms with E-state index in [9.17, 15) is 4.79 Å². The minimum absolute atomic E-state index is 0.113. The predicted molar refractivity (Wildman–Crippen MR) is 76.6 cm³/mol. The van der Waals surface area contributed by atoms with Gasteiger partial charge in [-0.2, -0.15) is 0 Å². The Hall–Kier alpha value is -1.71. The summed E-state index contributed by atoms with van der Waals surface area (Å²) in [6, 6.07) is 6.95. The number of amides is 2. The normalized spacial score (nSPS) is 11.1. The molecule has 0 aliphatic rings. The Labute approximate surface area is 109 Å². The Morgan fingerprint density at radius 3 is 2.06 bits per heavy atom. The van der Waals surface area contributed by atoms with Crippen molar-refractivity contribution in [2.45, 2.75) is 45.6 Å². The second-order valence-electron chi connectivity index (χ2n) is 4.54. The maximum absolute atomic E-state index is 11.9. The molecule has 2 amide bonds. The summed E-state index contributed by atoms with van der Waals surface area (Å²) >= 11 is 0. The van der Waals surface area contributed by atoms with E-state index in [1.54, 1.807) is 24.3 Å². The number of nitrogen functional groups attached to an aromatic ring is 1. The summed E-state index contributed by atoms with van der Waals surface area (Å²) in [4.78, 5) is 11.9. The number of carbonyl (C=O) groups excluding carboxylic acids is 1. The molecule has 1 aromatic rings. The zero-order valence-corrected chi connectivity index (χ0v) is 11.4. The summed E-state index contributed by atoms with van der Waals surface area (Å²) in [5.41, 5.74) is 6.92. The Bertz CT molecular complexity index is 374. The molecule has 0 aliphatic heterocycles. The molecule has 0 saturated carbocycles. The van der Waals surface area contributed by atoms with Gasteiger partial charge in [-0.25, -0.2) is 4.79 Å². The molecule has 0 aliphatic carbocycles. The van der Waals surface area contributed by atoms with Crippen molar-refractivity contribution in [1.82, 2.24) is 5.32 Å². The van der Waals surface area contributed by atoms with Gasteiger partial charge in [0.1, 0.15) is 0 Å². The van der Waals surface area contributed by atoms with Crippen LogP contribution in [0, 0.1) is 0 Å². The molecule has 0 spiro atoms. The van der Waals surface area contributed by atoms with Gasteiger partial charge in [-0.1, -0.05) is 20.8 Å². The fourth-order valence-electron chi connectivity index (χ4n) is 1.98. The van der Waals surface area contributed by atoms with Crippen molar-refractivity contribution in [1.29, 1.82) is 0 Å². The molecule has 1 rings (SSSR count). The molecule has 4 nitrogen and oxygen atoms in total. The van der Waals surface area contributed by atoms with Gasteiger partial charge in [-0.3, -0.25) is 0 Å². The van der Waals surface area contributed by atoms with Crippen LogP contribution in [0.3, 0.4) is 0 Å². The fraction of sp³-hybridized carbons (Fsp3) is 0.500. The SMILES string of the molecule is CCC(CC)(CC)NC(=O)Nc1ccc(N)cc1. The number of rotatable bonds is 5. The molecule has 0 aromatic heterocycles. The average molecular weight is 249 g/mol. The third-order valence-corrected chi connectivity index (χ3v) is 3.58. The molecule has 0 radical (unpaired) electrons. The lowest BCUT2D eigenvalue weighted by Gasteiger charge is -2.31. The van der Waals surface area contributed by atoms with E-state index in [0.717, 1.165) is 24.9 Å². The highest BCUT2D eigenvalue weighted by molar-refractivity contribution is 5.89. The number of anilines is 2. The number of urea groups is 1. The molecule has 0 unspecified atom stereocenters. The van der Waals surface area contributed by atoms with E-state index in [1.165, 1.54) is 0 Å².